The maximum Gasteiger partial charge on any atom is 0.221 e. The molecule has 0 bridgehead atoms. The number of carbonyl (C=O) groups is 1. The topological polar surface area (TPSA) is 49.3 Å². The van der Waals surface area contributed by atoms with Crippen molar-refractivity contribution < 1.29 is 14.3 Å². The third kappa shape index (κ3) is 5.17. The van der Waals surface area contributed by atoms with Crippen LogP contribution in [0.25, 0.3) is 0 Å². The lowest BCUT2D eigenvalue weighted by Crippen LogP contribution is -2.33. The Hall–Kier alpha value is -1.13. The van der Waals surface area contributed by atoms with E-state index in [1.165, 1.54) is 12.1 Å². The average Bonchev–Trinajstić information content (AvgIpc) is 2.27. The molecule has 2 N–H and O–H groups in total. The van der Waals surface area contributed by atoms with E-state index in [1.54, 1.807) is 6.07 Å². The Morgan fingerprint density at radius 3 is 2.58 bits per heavy atom. The summed E-state index contributed by atoms with van der Waals surface area (Å²) in [5.41, 5.74) is 0.349. The lowest BCUT2D eigenvalue weighted by Gasteiger charge is -2.21. The lowest BCUT2D eigenvalue weighted by atomic mass is 9.91. The summed E-state index contributed by atoms with van der Waals surface area (Å²) in [6, 6.07) is 3.59. The predicted octanol–water partition coefficient (Wildman–Crippen LogP) is 3.06. The second kappa shape index (κ2) is 6.35. The fourth-order valence-electron chi connectivity index (χ4n) is 1.69. The number of hydrogen-bond donors (Lipinski definition) is 2. The number of rotatable bonds is 4. The Labute approximate surface area is 117 Å². The van der Waals surface area contributed by atoms with Crippen molar-refractivity contribution in [2.24, 2.45) is 5.41 Å². The van der Waals surface area contributed by atoms with Crippen molar-refractivity contribution in [1.29, 1.82) is 0 Å². The number of amides is 1. The molecule has 0 saturated carbocycles. The third-order valence-electron chi connectivity index (χ3n) is 2.55. The highest BCUT2D eigenvalue weighted by molar-refractivity contribution is 6.30. The molecule has 106 valence electrons. The second-order valence-corrected chi connectivity index (χ2v) is 6.12. The average molecular weight is 288 g/mol. The molecule has 0 aliphatic heterocycles. The number of aliphatic hydroxyl groups excluding tert-OH is 1. The highest BCUT2D eigenvalue weighted by Gasteiger charge is 2.20. The number of aliphatic hydroxyl groups is 1. The van der Waals surface area contributed by atoms with Crippen molar-refractivity contribution in [3.8, 4) is 0 Å². The number of carbonyl (C=O) groups excluding carboxylic acids is 1. The normalized spacial score (nSPS) is 13.2. The summed E-state index contributed by atoms with van der Waals surface area (Å²) in [6.45, 7) is 5.55. The van der Waals surface area contributed by atoms with Crippen molar-refractivity contribution in [3.05, 3.63) is 34.6 Å². The maximum absolute atomic E-state index is 13.4. The molecule has 1 aromatic carbocycles. The predicted molar refractivity (Wildman–Crippen MR) is 73.5 cm³/mol. The van der Waals surface area contributed by atoms with E-state index >= 15 is 0 Å². The molecule has 0 fully saturated rings. The molecule has 0 aliphatic rings. The zero-order chi connectivity index (χ0) is 14.6. The summed E-state index contributed by atoms with van der Waals surface area (Å²) in [5.74, 6) is -0.746. The molecule has 1 aromatic rings. The molecular weight excluding hydrogens is 269 g/mol. The SMILES string of the molecule is CC(C)(C)CC(=O)NC(CO)c1ccc(Cl)c(F)c1. The minimum Gasteiger partial charge on any atom is -0.394 e. The Bertz CT molecular complexity index is 457. The third-order valence-corrected chi connectivity index (χ3v) is 2.86. The van der Waals surface area contributed by atoms with E-state index in [9.17, 15) is 14.3 Å². The van der Waals surface area contributed by atoms with Crippen LogP contribution in [-0.2, 0) is 4.79 Å². The van der Waals surface area contributed by atoms with Crippen LogP contribution in [0, 0.1) is 11.2 Å². The van der Waals surface area contributed by atoms with E-state index < -0.39 is 11.9 Å². The van der Waals surface area contributed by atoms with E-state index in [2.05, 4.69) is 5.32 Å². The summed E-state index contributed by atoms with van der Waals surface area (Å²) < 4.78 is 13.4. The van der Waals surface area contributed by atoms with Crippen molar-refractivity contribution in [2.45, 2.75) is 33.2 Å². The molecule has 0 aliphatic carbocycles. The summed E-state index contributed by atoms with van der Waals surface area (Å²) in [6.07, 6.45) is 0.333. The fraction of sp³-hybridized carbons (Fsp3) is 0.500. The first kappa shape index (κ1) is 15.9. The van der Waals surface area contributed by atoms with E-state index in [1.807, 2.05) is 20.8 Å². The van der Waals surface area contributed by atoms with Crippen LogP contribution < -0.4 is 5.32 Å². The van der Waals surface area contributed by atoms with Crippen LogP contribution in [0.5, 0.6) is 0 Å². The van der Waals surface area contributed by atoms with Crippen LogP contribution in [0.2, 0.25) is 5.02 Å². The monoisotopic (exact) mass is 287 g/mol. The minimum absolute atomic E-state index is 0.0152. The van der Waals surface area contributed by atoms with Gasteiger partial charge in [0.1, 0.15) is 5.82 Å². The van der Waals surface area contributed by atoms with Gasteiger partial charge < -0.3 is 10.4 Å². The van der Waals surface area contributed by atoms with Crippen molar-refractivity contribution >= 4 is 17.5 Å². The molecule has 0 saturated heterocycles. The maximum atomic E-state index is 13.4. The van der Waals surface area contributed by atoms with Crippen LogP contribution in [0.4, 0.5) is 4.39 Å². The van der Waals surface area contributed by atoms with Gasteiger partial charge >= 0.3 is 0 Å². The van der Waals surface area contributed by atoms with Gasteiger partial charge in [0, 0.05) is 6.42 Å². The van der Waals surface area contributed by atoms with Gasteiger partial charge in [-0.1, -0.05) is 38.4 Å². The molecule has 3 nitrogen and oxygen atoms in total. The van der Waals surface area contributed by atoms with Crippen molar-refractivity contribution in [1.82, 2.24) is 5.32 Å². The zero-order valence-electron chi connectivity index (χ0n) is 11.3. The molecule has 0 radical (unpaired) electrons. The minimum atomic E-state index is -0.624. The smallest absolute Gasteiger partial charge is 0.221 e. The van der Waals surface area contributed by atoms with E-state index in [0.717, 1.165) is 0 Å². The van der Waals surface area contributed by atoms with Gasteiger partial charge in [-0.3, -0.25) is 4.79 Å². The van der Waals surface area contributed by atoms with Gasteiger partial charge in [-0.2, -0.15) is 0 Å². The summed E-state index contributed by atoms with van der Waals surface area (Å²) in [7, 11) is 0. The van der Waals surface area contributed by atoms with Gasteiger partial charge in [0.2, 0.25) is 5.91 Å². The molecule has 0 aromatic heterocycles. The van der Waals surface area contributed by atoms with Crippen LogP contribution in [0.1, 0.15) is 38.8 Å². The summed E-state index contributed by atoms with van der Waals surface area (Å²) >= 11 is 5.60. The standard InChI is InChI=1S/C14H19ClFNO2/c1-14(2,3)7-13(19)17-12(8-18)9-4-5-10(15)11(16)6-9/h4-6,12,18H,7-8H2,1-3H3,(H,17,19). The van der Waals surface area contributed by atoms with Crippen molar-refractivity contribution in [2.75, 3.05) is 6.61 Å². The van der Waals surface area contributed by atoms with Crippen LogP contribution in [0.3, 0.4) is 0 Å². The Kier molecular flexibility index (Phi) is 5.32. The molecule has 19 heavy (non-hydrogen) atoms. The second-order valence-electron chi connectivity index (χ2n) is 5.71. The first-order chi connectivity index (χ1) is 8.73. The number of benzene rings is 1. The van der Waals surface area contributed by atoms with Gasteiger partial charge in [-0.25, -0.2) is 4.39 Å². The van der Waals surface area contributed by atoms with E-state index in [4.69, 9.17) is 11.6 Å². The molecule has 1 atom stereocenters. The van der Waals surface area contributed by atoms with Gasteiger partial charge in [-0.15, -0.1) is 0 Å². The zero-order valence-corrected chi connectivity index (χ0v) is 12.1. The Morgan fingerprint density at radius 1 is 1.47 bits per heavy atom. The summed E-state index contributed by atoms with van der Waals surface area (Å²) in [4.78, 5) is 11.8. The molecule has 0 spiro atoms. The van der Waals surface area contributed by atoms with Gasteiger partial charge in [-0.05, 0) is 23.1 Å². The molecule has 1 rings (SSSR count). The largest absolute Gasteiger partial charge is 0.394 e. The first-order valence-corrected chi connectivity index (χ1v) is 6.46. The highest BCUT2D eigenvalue weighted by atomic mass is 35.5. The highest BCUT2D eigenvalue weighted by Crippen LogP contribution is 2.22. The lowest BCUT2D eigenvalue weighted by molar-refractivity contribution is -0.123. The number of nitrogens with one attached hydrogen (secondary N) is 1. The van der Waals surface area contributed by atoms with E-state index in [-0.39, 0.29) is 23.0 Å². The molecular formula is C14H19ClFNO2. The van der Waals surface area contributed by atoms with Crippen LogP contribution in [0.15, 0.2) is 18.2 Å². The van der Waals surface area contributed by atoms with E-state index in [0.29, 0.717) is 12.0 Å². The summed E-state index contributed by atoms with van der Waals surface area (Å²) in [5, 5.41) is 12.0. The van der Waals surface area contributed by atoms with Crippen LogP contribution in [-0.4, -0.2) is 17.6 Å². The Balaban J connectivity index is 2.78. The fourth-order valence-corrected chi connectivity index (χ4v) is 1.81. The molecule has 1 unspecified atom stereocenters. The first-order valence-electron chi connectivity index (χ1n) is 6.08. The van der Waals surface area contributed by atoms with Gasteiger partial charge in [0.15, 0.2) is 0 Å². The number of halogens is 2. The van der Waals surface area contributed by atoms with Gasteiger partial charge in [0.05, 0.1) is 17.7 Å². The molecule has 1 amide bonds. The quantitative estimate of drug-likeness (QED) is 0.894. The molecule has 0 heterocycles. The Morgan fingerprint density at radius 2 is 2.11 bits per heavy atom. The van der Waals surface area contributed by atoms with Gasteiger partial charge in [0.25, 0.3) is 0 Å². The molecule has 5 heteroatoms. The van der Waals surface area contributed by atoms with Crippen molar-refractivity contribution in [3.63, 3.8) is 0 Å². The van der Waals surface area contributed by atoms with Crippen LogP contribution >= 0.6 is 11.6 Å². The number of hydrogen-bond acceptors (Lipinski definition) is 2.